The summed E-state index contributed by atoms with van der Waals surface area (Å²) in [6.07, 6.45) is 0. The van der Waals surface area contributed by atoms with Crippen molar-refractivity contribution in [2.45, 2.75) is 13.8 Å². The van der Waals surface area contributed by atoms with E-state index >= 15 is 0 Å². The Labute approximate surface area is 101 Å². The van der Waals surface area contributed by atoms with Gasteiger partial charge in [-0.25, -0.2) is 0 Å². The van der Waals surface area contributed by atoms with Crippen LogP contribution in [0.5, 0.6) is 5.75 Å². The van der Waals surface area contributed by atoms with Crippen LogP contribution in [-0.4, -0.2) is 17.0 Å². The molecule has 1 N–H and O–H groups in total. The van der Waals surface area contributed by atoms with Crippen LogP contribution >= 0.6 is 20.6 Å². The van der Waals surface area contributed by atoms with Gasteiger partial charge < -0.3 is 0 Å². The standard InChI is InChI=1S/C10H11IO5/c1-7(12)15-11(16-8(2)13)9-3-5-10(14)6-4-9/h3-6,14H,1-2H3. The first-order valence-electron chi connectivity index (χ1n) is 4.36. The molecule has 1 aromatic rings. The van der Waals surface area contributed by atoms with E-state index in [1.54, 1.807) is 12.1 Å². The molecule has 0 fully saturated rings. The number of phenolic OH excluding ortho intramolecular Hbond substituents is 1. The van der Waals surface area contributed by atoms with Gasteiger partial charge >= 0.3 is 101 Å². The van der Waals surface area contributed by atoms with Gasteiger partial charge in [-0.05, 0) is 0 Å². The third-order valence-electron chi connectivity index (χ3n) is 1.36. The van der Waals surface area contributed by atoms with E-state index in [2.05, 4.69) is 0 Å². The van der Waals surface area contributed by atoms with Gasteiger partial charge in [0.2, 0.25) is 0 Å². The third kappa shape index (κ3) is 4.05. The van der Waals surface area contributed by atoms with Crippen LogP contribution in [0.15, 0.2) is 24.3 Å². The monoisotopic (exact) mass is 338 g/mol. The van der Waals surface area contributed by atoms with E-state index in [4.69, 9.17) is 11.2 Å². The molecule has 88 valence electrons. The molecule has 6 heteroatoms. The Bertz CT molecular complexity index is 371. The molecular formula is C10H11IO5. The number of carbonyl (C=O) groups is 2. The van der Waals surface area contributed by atoms with Gasteiger partial charge in [0.1, 0.15) is 0 Å². The number of halogens is 1. The quantitative estimate of drug-likeness (QED) is 0.854. The van der Waals surface area contributed by atoms with Crippen molar-refractivity contribution in [2.75, 3.05) is 0 Å². The van der Waals surface area contributed by atoms with Crippen molar-refractivity contribution >= 4 is 32.6 Å². The zero-order chi connectivity index (χ0) is 12.1. The number of phenols is 1. The minimum atomic E-state index is -2.73. The van der Waals surface area contributed by atoms with Crippen molar-refractivity contribution in [2.24, 2.45) is 0 Å². The average Bonchev–Trinajstić information content (AvgIpc) is 2.16. The second-order valence-corrected chi connectivity index (χ2v) is 6.20. The number of carbonyl (C=O) groups excluding carboxylic acids is 2. The van der Waals surface area contributed by atoms with Crippen LogP contribution in [0.4, 0.5) is 0 Å². The first-order chi connectivity index (χ1) is 7.49. The topological polar surface area (TPSA) is 72.8 Å². The van der Waals surface area contributed by atoms with E-state index in [0.717, 1.165) is 0 Å². The van der Waals surface area contributed by atoms with E-state index in [0.29, 0.717) is 3.57 Å². The molecule has 0 saturated carbocycles. The Morgan fingerprint density at radius 3 is 1.88 bits per heavy atom. The molecule has 0 unspecified atom stereocenters. The summed E-state index contributed by atoms with van der Waals surface area (Å²) in [5.74, 6) is -0.871. The molecule has 0 radical (unpaired) electrons. The fourth-order valence-corrected chi connectivity index (χ4v) is 3.52. The number of hydrogen-bond acceptors (Lipinski definition) is 5. The summed E-state index contributed by atoms with van der Waals surface area (Å²) in [5, 5.41) is 9.10. The van der Waals surface area contributed by atoms with E-state index in [-0.39, 0.29) is 5.75 Å². The van der Waals surface area contributed by atoms with Gasteiger partial charge in [0.05, 0.1) is 0 Å². The van der Waals surface area contributed by atoms with Crippen LogP contribution in [0.2, 0.25) is 0 Å². The predicted octanol–water partition coefficient (Wildman–Crippen LogP) is 2.02. The molecule has 0 aliphatic heterocycles. The summed E-state index contributed by atoms with van der Waals surface area (Å²) in [4.78, 5) is 21.7. The van der Waals surface area contributed by atoms with Crippen LogP contribution in [-0.2, 0) is 15.7 Å². The molecule has 16 heavy (non-hydrogen) atoms. The molecule has 5 nitrogen and oxygen atoms in total. The predicted molar refractivity (Wildman–Crippen MR) is 64.4 cm³/mol. The molecule has 1 aromatic carbocycles. The Balaban J connectivity index is 2.86. The van der Waals surface area contributed by atoms with Gasteiger partial charge in [-0.2, -0.15) is 0 Å². The van der Waals surface area contributed by atoms with Crippen LogP contribution in [0.1, 0.15) is 13.8 Å². The normalized spacial score (nSPS) is 10.5. The van der Waals surface area contributed by atoms with E-state index in [1.807, 2.05) is 0 Å². The molecular weight excluding hydrogens is 327 g/mol. The fourth-order valence-electron chi connectivity index (χ4n) is 0.846. The number of aromatic hydroxyl groups is 1. The zero-order valence-electron chi connectivity index (χ0n) is 8.77. The van der Waals surface area contributed by atoms with E-state index in [9.17, 15) is 9.59 Å². The van der Waals surface area contributed by atoms with Gasteiger partial charge in [-0.1, -0.05) is 0 Å². The molecule has 0 spiro atoms. The second-order valence-electron chi connectivity index (χ2n) is 2.83. The Morgan fingerprint density at radius 2 is 1.50 bits per heavy atom. The van der Waals surface area contributed by atoms with Crippen molar-refractivity contribution in [3.8, 4) is 5.75 Å². The Hall–Kier alpha value is -1.31. The van der Waals surface area contributed by atoms with E-state index in [1.165, 1.54) is 26.0 Å². The number of hydrogen-bond donors (Lipinski definition) is 1. The van der Waals surface area contributed by atoms with Crippen molar-refractivity contribution in [1.29, 1.82) is 0 Å². The molecule has 0 heterocycles. The van der Waals surface area contributed by atoms with E-state index < -0.39 is 32.6 Å². The molecule has 0 atom stereocenters. The number of rotatable bonds is 3. The van der Waals surface area contributed by atoms with Crippen LogP contribution in [0.3, 0.4) is 0 Å². The fraction of sp³-hybridized carbons (Fsp3) is 0.200. The molecule has 0 amide bonds. The maximum absolute atomic E-state index is 10.9. The van der Waals surface area contributed by atoms with Crippen LogP contribution in [0.25, 0.3) is 0 Å². The molecule has 0 aliphatic carbocycles. The Morgan fingerprint density at radius 1 is 1.06 bits per heavy atom. The molecule has 0 aromatic heterocycles. The van der Waals surface area contributed by atoms with Gasteiger partial charge in [-0.3, -0.25) is 0 Å². The zero-order valence-corrected chi connectivity index (χ0v) is 10.9. The maximum atomic E-state index is 10.9. The Kier molecular flexibility index (Phi) is 4.53. The summed E-state index contributed by atoms with van der Waals surface area (Å²) in [5.41, 5.74) is 0. The van der Waals surface area contributed by atoms with Crippen molar-refractivity contribution in [3.63, 3.8) is 0 Å². The summed E-state index contributed by atoms with van der Waals surface area (Å²) >= 11 is -2.73. The summed E-state index contributed by atoms with van der Waals surface area (Å²) in [7, 11) is 0. The van der Waals surface area contributed by atoms with Crippen molar-refractivity contribution in [3.05, 3.63) is 27.8 Å². The average molecular weight is 338 g/mol. The molecule has 0 aliphatic rings. The SMILES string of the molecule is CC(=O)OI(OC(C)=O)c1ccc(O)cc1. The summed E-state index contributed by atoms with van der Waals surface area (Å²) < 4.78 is 10.6. The van der Waals surface area contributed by atoms with Gasteiger partial charge in [-0.15, -0.1) is 0 Å². The molecule has 1 rings (SSSR count). The van der Waals surface area contributed by atoms with Crippen LogP contribution in [0, 0.1) is 3.57 Å². The molecule has 0 bridgehead atoms. The van der Waals surface area contributed by atoms with Gasteiger partial charge in [0.25, 0.3) is 0 Å². The summed E-state index contributed by atoms with van der Waals surface area (Å²) in [6.45, 7) is 2.52. The van der Waals surface area contributed by atoms with Gasteiger partial charge in [0.15, 0.2) is 0 Å². The first kappa shape index (κ1) is 12.8. The minimum absolute atomic E-state index is 0.102. The second kappa shape index (κ2) is 5.69. The van der Waals surface area contributed by atoms with Crippen molar-refractivity contribution < 1.29 is 20.8 Å². The first-order valence-corrected chi connectivity index (χ1v) is 7.20. The van der Waals surface area contributed by atoms with Gasteiger partial charge in [0, 0.05) is 0 Å². The van der Waals surface area contributed by atoms with Crippen molar-refractivity contribution in [1.82, 2.24) is 0 Å². The van der Waals surface area contributed by atoms with Crippen LogP contribution < -0.4 is 0 Å². The summed E-state index contributed by atoms with van der Waals surface area (Å²) in [6, 6.07) is 6.05. The molecule has 0 saturated heterocycles. The number of benzene rings is 1. The third-order valence-corrected chi connectivity index (χ3v) is 5.14.